The van der Waals surface area contributed by atoms with Gasteiger partial charge in [-0.25, -0.2) is 0 Å². The minimum absolute atomic E-state index is 0.136. The highest BCUT2D eigenvalue weighted by Gasteiger charge is 2.11. The van der Waals surface area contributed by atoms with Crippen molar-refractivity contribution in [2.24, 2.45) is 0 Å². The van der Waals surface area contributed by atoms with Gasteiger partial charge in [0.25, 0.3) is 5.69 Å². The van der Waals surface area contributed by atoms with Crippen molar-refractivity contribution in [1.29, 1.82) is 0 Å². The Balaban J connectivity index is 2.51. The van der Waals surface area contributed by atoms with E-state index in [-0.39, 0.29) is 10.6 Å². The SMILES string of the molecule is O=[N+]([O-])c1ccc2c(c1)[C]=CC2. The summed E-state index contributed by atoms with van der Waals surface area (Å²) in [6, 6.07) is 4.86. The van der Waals surface area contributed by atoms with Crippen LogP contribution in [-0.4, -0.2) is 4.92 Å². The van der Waals surface area contributed by atoms with Crippen molar-refractivity contribution >= 4 is 5.69 Å². The molecule has 0 fully saturated rings. The Morgan fingerprint density at radius 2 is 2.33 bits per heavy atom. The number of fused-ring (bicyclic) bond motifs is 1. The molecule has 0 bridgehead atoms. The summed E-state index contributed by atoms with van der Waals surface area (Å²) in [7, 11) is 0. The van der Waals surface area contributed by atoms with Crippen LogP contribution < -0.4 is 0 Å². The van der Waals surface area contributed by atoms with Gasteiger partial charge in [-0.1, -0.05) is 12.1 Å². The summed E-state index contributed by atoms with van der Waals surface area (Å²) in [5.74, 6) is 0. The highest BCUT2D eigenvalue weighted by Crippen LogP contribution is 2.22. The van der Waals surface area contributed by atoms with E-state index in [0.29, 0.717) is 0 Å². The number of hydrogen-bond acceptors (Lipinski definition) is 2. The first-order chi connectivity index (χ1) is 5.77. The van der Waals surface area contributed by atoms with E-state index in [0.717, 1.165) is 17.5 Å². The molecule has 0 saturated heterocycles. The van der Waals surface area contributed by atoms with Crippen molar-refractivity contribution in [3.05, 3.63) is 51.6 Å². The number of benzene rings is 1. The van der Waals surface area contributed by atoms with Crippen LogP contribution in [0.1, 0.15) is 11.1 Å². The van der Waals surface area contributed by atoms with Gasteiger partial charge in [-0.15, -0.1) is 0 Å². The van der Waals surface area contributed by atoms with Crippen molar-refractivity contribution in [3.63, 3.8) is 0 Å². The van der Waals surface area contributed by atoms with Crippen LogP contribution in [-0.2, 0) is 6.42 Å². The van der Waals surface area contributed by atoms with Crippen molar-refractivity contribution < 1.29 is 4.92 Å². The second-order valence-electron chi connectivity index (χ2n) is 2.65. The molecule has 0 atom stereocenters. The maximum atomic E-state index is 10.4. The topological polar surface area (TPSA) is 43.1 Å². The highest BCUT2D eigenvalue weighted by atomic mass is 16.6. The predicted octanol–water partition coefficient (Wildman–Crippen LogP) is 1.86. The summed E-state index contributed by atoms with van der Waals surface area (Å²) >= 11 is 0. The van der Waals surface area contributed by atoms with E-state index >= 15 is 0 Å². The monoisotopic (exact) mass is 160 g/mol. The van der Waals surface area contributed by atoms with Crippen molar-refractivity contribution in [2.75, 3.05) is 0 Å². The number of rotatable bonds is 1. The van der Waals surface area contributed by atoms with Crippen LogP contribution in [0.5, 0.6) is 0 Å². The number of non-ortho nitro benzene ring substituents is 1. The van der Waals surface area contributed by atoms with Crippen LogP contribution in [0, 0.1) is 16.2 Å². The Bertz CT molecular complexity index is 369. The molecule has 1 radical (unpaired) electrons. The quantitative estimate of drug-likeness (QED) is 0.464. The molecule has 0 aromatic heterocycles. The maximum Gasteiger partial charge on any atom is 0.270 e. The minimum Gasteiger partial charge on any atom is -0.258 e. The molecule has 3 nitrogen and oxygen atoms in total. The largest absolute Gasteiger partial charge is 0.270 e. The molecular formula is C9H6NO2. The lowest BCUT2D eigenvalue weighted by molar-refractivity contribution is -0.384. The molecule has 1 aromatic rings. The molecule has 59 valence electrons. The molecule has 1 aromatic carbocycles. The third-order valence-electron chi connectivity index (χ3n) is 1.88. The third-order valence-corrected chi connectivity index (χ3v) is 1.88. The van der Waals surface area contributed by atoms with E-state index < -0.39 is 0 Å². The van der Waals surface area contributed by atoms with Gasteiger partial charge in [-0.2, -0.15) is 0 Å². The van der Waals surface area contributed by atoms with Crippen LogP contribution in [0.2, 0.25) is 0 Å². The summed E-state index contributed by atoms with van der Waals surface area (Å²) in [5, 5.41) is 10.4. The number of nitrogens with zero attached hydrogens (tertiary/aromatic N) is 1. The summed E-state index contributed by atoms with van der Waals surface area (Å²) in [6.07, 6.45) is 5.69. The van der Waals surface area contributed by atoms with Gasteiger partial charge in [0, 0.05) is 12.1 Å². The van der Waals surface area contributed by atoms with E-state index in [1.54, 1.807) is 12.1 Å². The fourth-order valence-corrected chi connectivity index (χ4v) is 1.26. The van der Waals surface area contributed by atoms with Gasteiger partial charge in [0.2, 0.25) is 0 Å². The molecule has 1 aliphatic rings. The van der Waals surface area contributed by atoms with Crippen LogP contribution in [0.3, 0.4) is 0 Å². The lowest BCUT2D eigenvalue weighted by atomic mass is 10.1. The summed E-state index contributed by atoms with van der Waals surface area (Å²) < 4.78 is 0. The van der Waals surface area contributed by atoms with Crippen LogP contribution >= 0.6 is 0 Å². The molecule has 0 N–H and O–H groups in total. The summed E-state index contributed by atoms with van der Waals surface area (Å²) in [6.45, 7) is 0. The molecule has 3 heteroatoms. The summed E-state index contributed by atoms with van der Waals surface area (Å²) in [5.41, 5.74) is 2.10. The van der Waals surface area contributed by atoms with Gasteiger partial charge >= 0.3 is 0 Å². The zero-order valence-corrected chi connectivity index (χ0v) is 6.28. The normalized spacial score (nSPS) is 13.0. The molecule has 0 saturated carbocycles. The standard InChI is InChI=1S/C9H6NO2/c11-10(12)9-5-4-7-2-1-3-8(7)6-9/h1,4-6H,2H2. The lowest BCUT2D eigenvalue weighted by Crippen LogP contribution is -1.89. The molecule has 0 unspecified atom stereocenters. The van der Waals surface area contributed by atoms with E-state index in [2.05, 4.69) is 6.08 Å². The Morgan fingerprint density at radius 3 is 3.08 bits per heavy atom. The lowest BCUT2D eigenvalue weighted by Gasteiger charge is -1.96. The van der Waals surface area contributed by atoms with Crippen LogP contribution in [0.15, 0.2) is 24.3 Å². The van der Waals surface area contributed by atoms with E-state index in [9.17, 15) is 10.1 Å². The third kappa shape index (κ3) is 0.993. The average Bonchev–Trinajstić information content (AvgIpc) is 2.49. The van der Waals surface area contributed by atoms with Gasteiger partial charge in [-0.05, 0) is 23.6 Å². The first kappa shape index (κ1) is 7.03. The first-order valence-corrected chi connectivity index (χ1v) is 3.63. The molecule has 0 amide bonds. The number of nitro groups is 1. The Labute approximate surface area is 69.5 Å². The molecule has 0 spiro atoms. The molecule has 12 heavy (non-hydrogen) atoms. The van der Waals surface area contributed by atoms with E-state index in [1.807, 2.05) is 6.08 Å². The van der Waals surface area contributed by atoms with Gasteiger partial charge in [0.05, 0.1) is 4.92 Å². The van der Waals surface area contributed by atoms with Crippen molar-refractivity contribution in [2.45, 2.75) is 6.42 Å². The van der Waals surface area contributed by atoms with E-state index in [1.165, 1.54) is 6.07 Å². The molecule has 0 aliphatic heterocycles. The Morgan fingerprint density at radius 1 is 1.50 bits per heavy atom. The van der Waals surface area contributed by atoms with Crippen LogP contribution in [0.25, 0.3) is 0 Å². The number of hydrogen-bond donors (Lipinski definition) is 0. The average molecular weight is 160 g/mol. The summed E-state index contributed by atoms with van der Waals surface area (Å²) in [4.78, 5) is 9.98. The number of nitro benzene ring substituents is 1. The Hall–Kier alpha value is -1.64. The second kappa shape index (κ2) is 2.44. The zero-order chi connectivity index (χ0) is 8.55. The Kier molecular flexibility index (Phi) is 1.43. The van der Waals surface area contributed by atoms with Gasteiger partial charge in [-0.3, -0.25) is 10.1 Å². The van der Waals surface area contributed by atoms with Gasteiger partial charge in [0.1, 0.15) is 0 Å². The van der Waals surface area contributed by atoms with E-state index in [4.69, 9.17) is 0 Å². The maximum absolute atomic E-state index is 10.4. The molecule has 0 heterocycles. The zero-order valence-electron chi connectivity index (χ0n) is 6.28. The second-order valence-corrected chi connectivity index (χ2v) is 2.65. The smallest absolute Gasteiger partial charge is 0.258 e. The molecule has 1 aliphatic carbocycles. The van der Waals surface area contributed by atoms with Crippen molar-refractivity contribution in [3.8, 4) is 0 Å². The highest BCUT2D eigenvalue weighted by molar-refractivity contribution is 5.46. The van der Waals surface area contributed by atoms with Gasteiger partial charge in [0.15, 0.2) is 0 Å². The van der Waals surface area contributed by atoms with Crippen molar-refractivity contribution in [1.82, 2.24) is 0 Å². The number of allylic oxidation sites excluding steroid dienone is 1. The van der Waals surface area contributed by atoms with Crippen LogP contribution in [0.4, 0.5) is 5.69 Å². The minimum atomic E-state index is -0.389. The van der Waals surface area contributed by atoms with Gasteiger partial charge < -0.3 is 0 Å². The predicted molar refractivity (Wildman–Crippen MR) is 43.7 cm³/mol. The fraction of sp³-hybridized carbons (Fsp3) is 0.111. The molecular weight excluding hydrogens is 154 g/mol. The molecule has 2 rings (SSSR count). The first-order valence-electron chi connectivity index (χ1n) is 3.63. The fourth-order valence-electron chi connectivity index (χ4n) is 1.26.